The second-order valence-electron chi connectivity index (χ2n) is 4.45. The summed E-state index contributed by atoms with van der Waals surface area (Å²) in [5.41, 5.74) is 1.03. The summed E-state index contributed by atoms with van der Waals surface area (Å²) < 4.78 is 10.6. The Labute approximate surface area is 111 Å². The number of hydrogen-bond donors (Lipinski definition) is 1. The van der Waals surface area contributed by atoms with E-state index in [1.54, 1.807) is 6.20 Å². The maximum atomic E-state index is 5.38. The predicted molar refractivity (Wildman–Crippen MR) is 67.5 cm³/mol. The maximum absolute atomic E-state index is 5.38. The van der Waals surface area contributed by atoms with Crippen molar-refractivity contribution in [2.45, 2.75) is 18.9 Å². The van der Waals surface area contributed by atoms with Gasteiger partial charge in [-0.15, -0.1) is 0 Å². The normalized spacial score (nSPS) is 19.5. The topological polar surface area (TPSA) is 73.1 Å². The van der Waals surface area contributed by atoms with Crippen molar-refractivity contribution in [3.63, 3.8) is 0 Å². The zero-order valence-corrected chi connectivity index (χ0v) is 10.6. The molecule has 1 aliphatic heterocycles. The number of ether oxygens (including phenoxy) is 1. The van der Waals surface area contributed by atoms with Crippen LogP contribution in [0.2, 0.25) is 0 Å². The molecular weight excluding hydrogens is 244 g/mol. The number of nitrogens with one attached hydrogen (secondary N) is 1. The highest BCUT2D eigenvalue weighted by Gasteiger charge is 2.20. The number of aryl methyl sites for hydroxylation is 2. The Hall–Kier alpha value is -1.79. The molecule has 100 valence electrons. The van der Waals surface area contributed by atoms with Gasteiger partial charge in [-0.3, -0.25) is 4.98 Å². The first-order valence-electron chi connectivity index (χ1n) is 6.45. The molecule has 1 aliphatic rings. The molecule has 1 N–H and O–H groups in total. The van der Waals surface area contributed by atoms with Gasteiger partial charge in [0.15, 0.2) is 5.82 Å². The van der Waals surface area contributed by atoms with Crippen molar-refractivity contribution in [1.82, 2.24) is 20.4 Å². The molecule has 6 nitrogen and oxygen atoms in total. The van der Waals surface area contributed by atoms with E-state index < -0.39 is 0 Å². The molecular formula is C13H16N4O2. The number of pyridine rings is 1. The largest absolute Gasteiger partial charge is 0.378 e. The first kappa shape index (κ1) is 12.3. The average Bonchev–Trinajstić information content (AvgIpc) is 2.96. The number of aromatic nitrogens is 3. The summed E-state index contributed by atoms with van der Waals surface area (Å²) in [5.74, 6) is 1.32. The Kier molecular flexibility index (Phi) is 3.81. The Morgan fingerprint density at radius 3 is 3.11 bits per heavy atom. The van der Waals surface area contributed by atoms with Crippen molar-refractivity contribution in [2.75, 3.05) is 19.8 Å². The minimum atomic E-state index is 0.0427. The molecule has 0 radical (unpaired) electrons. The van der Waals surface area contributed by atoms with E-state index in [9.17, 15) is 0 Å². The van der Waals surface area contributed by atoms with Gasteiger partial charge in [0.05, 0.1) is 19.3 Å². The molecule has 3 heterocycles. The molecule has 1 unspecified atom stereocenters. The lowest BCUT2D eigenvalue weighted by Gasteiger charge is -2.20. The summed E-state index contributed by atoms with van der Waals surface area (Å²) >= 11 is 0. The lowest BCUT2D eigenvalue weighted by molar-refractivity contribution is 0.0734. The van der Waals surface area contributed by atoms with Crippen LogP contribution < -0.4 is 5.32 Å². The van der Waals surface area contributed by atoms with Crippen LogP contribution in [0.3, 0.4) is 0 Å². The van der Waals surface area contributed by atoms with Crippen LogP contribution in [-0.4, -0.2) is 34.9 Å². The Morgan fingerprint density at radius 2 is 2.32 bits per heavy atom. The van der Waals surface area contributed by atoms with Crippen molar-refractivity contribution >= 4 is 0 Å². The Balaban J connectivity index is 1.58. The average molecular weight is 260 g/mol. The summed E-state index contributed by atoms with van der Waals surface area (Å²) in [7, 11) is 0. The molecule has 6 heteroatoms. The fourth-order valence-electron chi connectivity index (χ4n) is 2.02. The predicted octanol–water partition coefficient (Wildman–Crippen LogP) is 0.911. The van der Waals surface area contributed by atoms with Crippen molar-refractivity contribution in [3.8, 4) is 0 Å². The van der Waals surface area contributed by atoms with Crippen LogP contribution >= 0.6 is 0 Å². The molecule has 19 heavy (non-hydrogen) atoms. The van der Waals surface area contributed by atoms with Gasteiger partial charge in [0.1, 0.15) is 0 Å². The van der Waals surface area contributed by atoms with E-state index in [0.717, 1.165) is 25.3 Å². The van der Waals surface area contributed by atoms with E-state index in [1.165, 1.54) is 0 Å². The molecule has 1 saturated heterocycles. The highest BCUT2D eigenvalue weighted by molar-refractivity contribution is 5.05. The third-order valence-corrected chi connectivity index (χ3v) is 3.04. The monoisotopic (exact) mass is 260 g/mol. The van der Waals surface area contributed by atoms with Gasteiger partial charge in [-0.05, 0) is 18.6 Å². The van der Waals surface area contributed by atoms with E-state index in [2.05, 4.69) is 20.4 Å². The van der Waals surface area contributed by atoms with Gasteiger partial charge >= 0.3 is 0 Å². The standard InChI is InChI=1S/C13H16N4O2/c1-2-6-14-10(3-1)4-5-12-16-13(17-19-12)11-9-18-8-7-15-11/h1-3,6,11,15H,4-5,7-9H2. The highest BCUT2D eigenvalue weighted by Crippen LogP contribution is 2.13. The zero-order valence-electron chi connectivity index (χ0n) is 10.6. The molecule has 0 amide bonds. The molecule has 0 spiro atoms. The van der Waals surface area contributed by atoms with E-state index >= 15 is 0 Å². The van der Waals surface area contributed by atoms with Gasteiger partial charge in [0, 0.05) is 24.9 Å². The zero-order chi connectivity index (χ0) is 12.9. The summed E-state index contributed by atoms with van der Waals surface area (Å²) in [6.45, 7) is 2.16. The Bertz CT molecular complexity index is 508. The third kappa shape index (κ3) is 3.15. The van der Waals surface area contributed by atoms with Crippen LogP contribution in [0.15, 0.2) is 28.9 Å². The fourth-order valence-corrected chi connectivity index (χ4v) is 2.02. The van der Waals surface area contributed by atoms with Gasteiger partial charge in [0.25, 0.3) is 0 Å². The van der Waals surface area contributed by atoms with Crippen LogP contribution in [-0.2, 0) is 17.6 Å². The first-order chi connectivity index (χ1) is 9.42. The molecule has 0 aliphatic carbocycles. The number of nitrogens with zero attached hydrogens (tertiary/aromatic N) is 3. The van der Waals surface area contributed by atoms with Crippen LogP contribution in [0.4, 0.5) is 0 Å². The summed E-state index contributed by atoms with van der Waals surface area (Å²) in [5, 5.41) is 7.30. The van der Waals surface area contributed by atoms with Crippen molar-refractivity contribution in [2.24, 2.45) is 0 Å². The van der Waals surface area contributed by atoms with Gasteiger partial charge in [-0.25, -0.2) is 0 Å². The minimum absolute atomic E-state index is 0.0427. The van der Waals surface area contributed by atoms with E-state index in [-0.39, 0.29) is 6.04 Å². The molecule has 1 fully saturated rings. The van der Waals surface area contributed by atoms with Gasteiger partial charge in [-0.2, -0.15) is 4.98 Å². The lowest BCUT2D eigenvalue weighted by Crippen LogP contribution is -2.35. The van der Waals surface area contributed by atoms with Gasteiger partial charge < -0.3 is 14.6 Å². The third-order valence-electron chi connectivity index (χ3n) is 3.04. The second-order valence-corrected chi connectivity index (χ2v) is 4.45. The Morgan fingerprint density at radius 1 is 1.32 bits per heavy atom. The quantitative estimate of drug-likeness (QED) is 0.881. The SMILES string of the molecule is c1ccc(CCc2nc(C3COCCN3)no2)nc1. The minimum Gasteiger partial charge on any atom is -0.378 e. The number of morpholine rings is 1. The first-order valence-corrected chi connectivity index (χ1v) is 6.45. The molecule has 3 rings (SSSR count). The maximum Gasteiger partial charge on any atom is 0.227 e. The molecule has 0 saturated carbocycles. The van der Waals surface area contributed by atoms with Crippen molar-refractivity contribution < 1.29 is 9.26 Å². The van der Waals surface area contributed by atoms with Crippen LogP contribution in [0, 0.1) is 0 Å². The molecule has 2 aromatic heterocycles. The molecule has 0 aromatic carbocycles. The lowest BCUT2D eigenvalue weighted by atomic mass is 10.2. The summed E-state index contributed by atoms with van der Waals surface area (Å²) in [6, 6.07) is 5.92. The second kappa shape index (κ2) is 5.90. The smallest absolute Gasteiger partial charge is 0.227 e. The van der Waals surface area contributed by atoms with Crippen molar-refractivity contribution in [3.05, 3.63) is 41.8 Å². The van der Waals surface area contributed by atoms with Gasteiger partial charge in [-0.1, -0.05) is 11.2 Å². The van der Waals surface area contributed by atoms with Crippen LogP contribution in [0.5, 0.6) is 0 Å². The van der Waals surface area contributed by atoms with E-state index in [4.69, 9.17) is 9.26 Å². The van der Waals surface area contributed by atoms with E-state index in [1.807, 2.05) is 18.2 Å². The van der Waals surface area contributed by atoms with Crippen molar-refractivity contribution in [1.29, 1.82) is 0 Å². The number of hydrogen-bond acceptors (Lipinski definition) is 6. The highest BCUT2D eigenvalue weighted by atomic mass is 16.5. The fraction of sp³-hybridized carbons (Fsp3) is 0.462. The molecule has 0 bridgehead atoms. The molecule has 2 aromatic rings. The molecule has 1 atom stereocenters. The number of rotatable bonds is 4. The van der Waals surface area contributed by atoms with Crippen LogP contribution in [0.25, 0.3) is 0 Å². The van der Waals surface area contributed by atoms with E-state index in [0.29, 0.717) is 24.7 Å². The van der Waals surface area contributed by atoms with Gasteiger partial charge in [0.2, 0.25) is 5.89 Å². The van der Waals surface area contributed by atoms with Crippen LogP contribution in [0.1, 0.15) is 23.5 Å². The summed E-state index contributed by atoms with van der Waals surface area (Å²) in [6.07, 6.45) is 3.30. The summed E-state index contributed by atoms with van der Waals surface area (Å²) in [4.78, 5) is 8.67.